The van der Waals surface area contributed by atoms with E-state index in [-0.39, 0.29) is 5.56 Å². The van der Waals surface area contributed by atoms with Crippen molar-refractivity contribution in [2.75, 3.05) is 0 Å². The van der Waals surface area contributed by atoms with E-state index in [2.05, 4.69) is 5.10 Å². The van der Waals surface area contributed by atoms with Crippen molar-refractivity contribution in [3.8, 4) is 0 Å². The molecule has 0 radical (unpaired) electrons. The van der Waals surface area contributed by atoms with E-state index in [1.54, 1.807) is 11.7 Å². The lowest BCUT2D eigenvalue weighted by atomic mass is 10.2. The molecule has 0 bridgehead atoms. The molecule has 5 nitrogen and oxygen atoms in total. The Morgan fingerprint density at radius 1 is 1.40 bits per heavy atom. The average Bonchev–Trinajstić information content (AvgIpc) is 2.95. The molecule has 0 saturated carbocycles. The van der Waals surface area contributed by atoms with Crippen molar-refractivity contribution in [1.82, 2.24) is 14.3 Å². The van der Waals surface area contributed by atoms with Gasteiger partial charge in [-0.2, -0.15) is 5.10 Å². The van der Waals surface area contributed by atoms with Crippen molar-refractivity contribution < 1.29 is 9.90 Å². The molecule has 3 aromatic rings. The highest BCUT2D eigenvalue weighted by Crippen LogP contribution is 2.22. The van der Waals surface area contributed by atoms with E-state index in [0.717, 1.165) is 10.9 Å². The average molecular weight is 290 g/mol. The Morgan fingerprint density at radius 2 is 2.20 bits per heavy atom. The van der Waals surface area contributed by atoms with E-state index in [1.807, 2.05) is 35.0 Å². The van der Waals surface area contributed by atoms with E-state index in [9.17, 15) is 9.90 Å². The molecule has 1 aromatic carbocycles. The molecule has 2 aromatic heterocycles. The monoisotopic (exact) mass is 289 g/mol. The van der Waals surface area contributed by atoms with E-state index in [0.29, 0.717) is 17.3 Å². The van der Waals surface area contributed by atoms with Crippen LogP contribution in [-0.4, -0.2) is 25.4 Å². The van der Waals surface area contributed by atoms with Crippen molar-refractivity contribution in [3.63, 3.8) is 0 Å². The van der Waals surface area contributed by atoms with Gasteiger partial charge in [-0.3, -0.25) is 4.68 Å². The molecule has 102 valence electrons. The fraction of sp³-hybridized carbons (Fsp3) is 0.143. The zero-order valence-corrected chi connectivity index (χ0v) is 11.5. The Balaban J connectivity index is 2.08. The molecule has 0 saturated heterocycles. The number of aromatic carboxylic acids is 1. The van der Waals surface area contributed by atoms with Crippen molar-refractivity contribution in [3.05, 3.63) is 52.9 Å². The first-order valence-electron chi connectivity index (χ1n) is 6.05. The molecule has 0 amide bonds. The quantitative estimate of drug-likeness (QED) is 0.806. The number of fused-ring (bicyclic) bond motifs is 1. The molecule has 3 rings (SSSR count). The number of carbonyl (C=O) groups is 1. The van der Waals surface area contributed by atoms with Crippen LogP contribution in [0.15, 0.2) is 36.7 Å². The van der Waals surface area contributed by atoms with Gasteiger partial charge in [0.15, 0.2) is 0 Å². The van der Waals surface area contributed by atoms with Gasteiger partial charge in [0.2, 0.25) is 0 Å². The number of rotatable bonds is 3. The van der Waals surface area contributed by atoms with Gasteiger partial charge in [-0.25, -0.2) is 4.79 Å². The fourth-order valence-electron chi connectivity index (χ4n) is 2.29. The second-order valence-corrected chi connectivity index (χ2v) is 5.02. The van der Waals surface area contributed by atoms with Crippen LogP contribution in [0.25, 0.3) is 10.9 Å². The smallest absolute Gasteiger partial charge is 0.339 e. The summed E-state index contributed by atoms with van der Waals surface area (Å²) in [7, 11) is 1.74. The predicted molar refractivity (Wildman–Crippen MR) is 76.2 cm³/mol. The van der Waals surface area contributed by atoms with Gasteiger partial charge < -0.3 is 9.67 Å². The maximum atomic E-state index is 11.2. The van der Waals surface area contributed by atoms with Crippen LogP contribution in [0.5, 0.6) is 0 Å². The summed E-state index contributed by atoms with van der Waals surface area (Å²) in [5.41, 5.74) is 1.83. The lowest BCUT2D eigenvalue weighted by Gasteiger charge is -2.07. The summed E-state index contributed by atoms with van der Waals surface area (Å²) in [6.07, 6.45) is 3.29. The van der Waals surface area contributed by atoms with Gasteiger partial charge in [0.1, 0.15) is 5.56 Å². The Hall–Kier alpha value is -2.27. The van der Waals surface area contributed by atoms with Gasteiger partial charge in [-0.1, -0.05) is 17.7 Å². The van der Waals surface area contributed by atoms with Crippen molar-refractivity contribution in [1.29, 1.82) is 0 Å². The lowest BCUT2D eigenvalue weighted by molar-refractivity contribution is 0.0695. The molecule has 0 atom stereocenters. The third-order valence-electron chi connectivity index (χ3n) is 3.35. The second kappa shape index (κ2) is 4.68. The Kier molecular flexibility index (Phi) is 2.99. The normalized spacial score (nSPS) is 11.1. The summed E-state index contributed by atoms with van der Waals surface area (Å²) in [6.45, 7) is 0.433. The van der Waals surface area contributed by atoms with Crippen LogP contribution in [-0.2, 0) is 13.6 Å². The van der Waals surface area contributed by atoms with Gasteiger partial charge in [0.05, 0.1) is 18.4 Å². The topological polar surface area (TPSA) is 60.1 Å². The first kappa shape index (κ1) is 12.7. The number of carboxylic acids is 1. The molecule has 1 N–H and O–H groups in total. The number of hydrogen-bond donors (Lipinski definition) is 1. The SMILES string of the molecule is Cn1ncc(C(=O)O)c1Cn1ccc2ccc(Cl)cc21. The maximum absolute atomic E-state index is 11.2. The molecular formula is C14H12ClN3O2. The summed E-state index contributed by atoms with van der Waals surface area (Å²) in [5, 5.41) is 14.9. The summed E-state index contributed by atoms with van der Waals surface area (Å²) in [4.78, 5) is 11.2. The van der Waals surface area contributed by atoms with E-state index < -0.39 is 5.97 Å². The van der Waals surface area contributed by atoms with Gasteiger partial charge in [-0.15, -0.1) is 0 Å². The number of benzene rings is 1. The Morgan fingerprint density at radius 3 is 2.95 bits per heavy atom. The predicted octanol–water partition coefficient (Wildman–Crippen LogP) is 2.77. The van der Waals surface area contributed by atoms with Crippen LogP contribution < -0.4 is 0 Å². The van der Waals surface area contributed by atoms with Gasteiger partial charge >= 0.3 is 5.97 Å². The summed E-state index contributed by atoms with van der Waals surface area (Å²) in [5.74, 6) is -0.970. The first-order chi connectivity index (χ1) is 9.56. The van der Waals surface area contributed by atoms with E-state index >= 15 is 0 Å². The number of hydrogen-bond acceptors (Lipinski definition) is 2. The van der Waals surface area contributed by atoms with Crippen LogP contribution in [0.3, 0.4) is 0 Å². The summed E-state index contributed by atoms with van der Waals surface area (Å²) < 4.78 is 3.55. The Labute approximate surface area is 120 Å². The summed E-state index contributed by atoms with van der Waals surface area (Å²) in [6, 6.07) is 7.62. The molecular weight excluding hydrogens is 278 g/mol. The maximum Gasteiger partial charge on any atom is 0.339 e. The minimum Gasteiger partial charge on any atom is -0.478 e. The second-order valence-electron chi connectivity index (χ2n) is 4.58. The van der Waals surface area contributed by atoms with Crippen molar-refractivity contribution >= 4 is 28.5 Å². The van der Waals surface area contributed by atoms with E-state index in [4.69, 9.17) is 11.6 Å². The molecule has 0 spiro atoms. The highest BCUT2D eigenvalue weighted by molar-refractivity contribution is 6.31. The molecule has 20 heavy (non-hydrogen) atoms. The molecule has 6 heteroatoms. The largest absolute Gasteiger partial charge is 0.478 e. The van der Waals surface area contributed by atoms with Crippen molar-refractivity contribution in [2.24, 2.45) is 7.05 Å². The number of aryl methyl sites for hydroxylation is 1. The standard InChI is InChI=1S/C14H12ClN3O2/c1-17-13(11(7-16-17)14(19)20)8-18-5-4-9-2-3-10(15)6-12(9)18/h2-7H,8H2,1H3,(H,19,20). The number of nitrogens with zero attached hydrogens (tertiary/aromatic N) is 3. The first-order valence-corrected chi connectivity index (χ1v) is 6.42. The molecule has 0 unspecified atom stereocenters. The van der Waals surface area contributed by atoms with Crippen molar-refractivity contribution in [2.45, 2.75) is 6.54 Å². The number of halogens is 1. The summed E-state index contributed by atoms with van der Waals surface area (Å²) >= 11 is 6.02. The molecule has 2 heterocycles. The van der Waals surface area contributed by atoms with Crippen LogP contribution in [0.1, 0.15) is 16.1 Å². The van der Waals surface area contributed by atoms with E-state index in [1.165, 1.54) is 6.20 Å². The molecule has 0 aliphatic heterocycles. The third-order valence-corrected chi connectivity index (χ3v) is 3.58. The molecule has 0 fully saturated rings. The number of carboxylic acid groups (broad SMARTS) is 1. The van der Waals surface area contributed by atoms with Gasteiger partial charge in [-0.05, 0) is 23.6 Å². The minimum absolute atomic E-state index is 0.219. The highest BCUT2D eigenvalue weighted by atomic mass is 35.5. The highest BCUT2D eigenvalue weighted by Gasteiger charge is 2.16. The van der Waals surface area contributed by atoms with Crippen LogP contribution in [0.2, 0.25) is 5.02 Å². The minimum atomic E-state index is -0.970. The van der Waals surface area contributed by atoms with Crippen LogP contribution in [0, 0.1) is 0 Å². The Bertz CT molecular complexity index is 804. The molecule has 0 aliphatic rings. The van der Waals surface area contributed by atoms with Crippen LogP contribution >= 0.6 is 11.6 Å². The molecule has 0 aliphatic carbocycles. The zero-order valence-electron chi connectivity index (χ0n) is 10.7. The zero-order chi connectivity index (χ0) is 14.3. The van der Waals surface area contributed by atoms with Gasteiger partial charge in [0, 0.05) is 23.8 Å². The lowest BCUT2D eigenvalue weighted by Crippen LogP contribution is -2.09. The number of aromatic nitrogens is 3. The fourth-order valence-corrected chi connectivity index (χ4v) is 2.45. The van der Waals surface area contributed by atoms with Gasteiger partial charge in [0.25, 0.3) is 0 Å². The third kappa shape index (κ3) is 2.06. The van der Waals surface area contributed by atoms with Crippen LogP contribution in [0.4, 0.5) is 0 Å².